The zero-order valence-corrected chi connectivity index (χ0v) is 12.7. The van der Waals surface area contributed by atoms with Crippen LogP contribution in [0.25, 0.3) is 5.69 Å². The first-order valence-corrected chi connectivity index (χ1v) is 7.91. The van der Waals surface area contributed by atoms with Crippen molar-refractivity contribution >= 4 is 23.4 Å². The van der Waals surface area contributed by atoms with E-state index in [1.54, 1.807) is 24.2 Å². The Morgan fingerprint density at radius 1 is 1.00 bits per heavy atom. The van der Waals surface area contributed by atoms with Crippen LogP contribution in [0.2, 0.25) is 0 Å². The Labute approximate surface area is 132 Å². The van der Waals surface area contributed by atoms with Crippen molar-refractivity contribution in [3.05, 3.63) is 66.5 Å². The standard InChI is InChI=1S/C16H14N4OS/c1-22-15-8-2-12(3-9-15)16(21)19-13-4-6-14(7-5-13)20-17-10-11-18-20/h2-11H,1H3,(H,19,21). The normalized spacial score (nSPS) is 10.4. The van der Waals surface area contributed by atoms with Crippen molar-refractivity contribution in [1.82, 2.24) is 15.0 Å². The number of amides is 1. The maximum atomic E-state index is 12.2. The van der Waals surface area contributed by atoms with E-state index < -0.39 is 0 Å². The Morgan fingerprint density at radius 3 is 2.23 bits per heavy atom. The number of hydrogen-bond donors (Lipinski definition) is 1. The summed E-state index contributed by atoms with van der Waals surface area (Å²) in [7, 11) is 0. The minimum atomic E-state index is -0.127. The lowest BCUT2D eigenvalue weighted by Gasteiger charge is -2.07. The molecule has 0 saturated heterocycles. The van der Waals surface area contributed by atoms with E-state index in [2.05, 4.69) is 15.5 Å². The van der Waals surface area contributed by atoms with Crippen LogP contribution in [0.3, 0.4) is 0 Å². The molecule has 0 unspecified atom stereocenters. The van der Waals surface area contributed by atoms with Gasteiger partial charge in [-0.3, -0.25) is 4.79 Å². The van der Waals surface area contributed by atoms with E-state index in [0.717, 1.165) is 16.3 Å². The van der Waals surface area contributed by atoms with E-state index in [-0.39, 0.29) is 5.91 Å². The van der Waals surface area contributed by atoms with Gasteiger partial charge < -0.3 is 5.32 Å². The largest absolute Gasteiger partial charge is 0.322 e. The molecule has 0 aliphatic heterocycles. The van der Waals surface area contributed by atoms with Crippen LogP contribution in [0, 0.1) is 0 Å². The molecule has 0 fully saturated rings. The highest BCUT2D eigenvalue weighted by molar-refractivity contribution is 7.98. The third-order valence-corrected chi connectivity index (χ3v) is 3.87. The second-order valence-electron chi connectivity index (χ2n) is 4.55. The van der Waals surface area contributed by atoms with Gasteiger partial charge >= 0.3 is 0 Å². The quantitative estimate of drug-likeness (QED) is 0.752. The van der Waals surface area contributed by atoms with Crippen LogP contribution in [-0.2, 0) is 0 Å². The van der Waals surface area contributed by atoms with Gasteiger partial charge in [-0.15, -0.1) is 11.8 Å². The van der Waals surface area contributed by atoms with Gasteiger partial charge in [0.2, 0.25) is 0 Å². The minimum absolute atomic E-state index is 0.127. The number of nitrogens with one attached hydrogen (secondary N) is 1. The summed E-state index contributed by atoms with van der Waals surface area (Å²) in [5.41, 5.74) is 2.21. The number of aromatic nitrogens is 3. The number of anilines is 1. The predicted molar refractivity (Wildman–Crippen MR) is 87.5 cm³/mol. The summed E-state index contributed by atoms with van der Waals surface area (Å²) in [6.07, 6.45) is 5.24. The molecule has 0 bridgehead atoms. The Morgan fingerprint density at radius 2 is 1.64 bits per heavy atom. The lowest BCUT2D eigenvalue weighted by Crippen LogP contribution is -2.11. The molecule has 6 heteroatoms. The van der Waals surface area contributed by atoms with Crippen molar-refractivity contribution in [2.75, 3.05) is 11.6 Å². The molecule has 0 atom stereocenters. The van der Waals surface area contributed by atoms with Gasteiger partial charge in [0.1, 0.15) is 0 Å². The molecule has 0 radical (unpaired) electrons. The molecule has 22 heavy (non-hydrogen) atoms. The van der Waals surface area contributed by atoms with Gasteiger partial charge in [-0.05, 0) is 54.8 Å². The Bertz CT molecular complexity index is 752. The molecule has 0 saturated carbocycles. The zero-order valence-electron chi connectivity index (χ0n) is 11.9. The summed E-state index contributed by atoms with van der Waals surface area (Å²) in [5, 5.41) is 11.0. The summed E-state index contributed by atoms with van der Waals surface area (Å²) >= 11 is 1.65. The van der Waals surface area contributed by atoms with Crippen molar-refractivity contribution in [3.8, 4) is 5.69 Å². The fourth-order valence-corrected chi connectivity index (χ4v) is 2.38. The Hall–Kier alpha value is -2.60. The molecule has 1 aromatic heterocycles. The van der Waals surface area contributed by atoms with E-state index >= 15 is 0 Å². The number of carbonyl (C=O) groups excluding carboxylic acids is 1. The molecule has 0 spiro atoms. The molecule has 1 N–H and O–H groups in total. The van der Waals surface area contributed by atoms with Crippen molar-refractivity contribution in [1.29, 1.82) is 0 Å². The monoisotopic (exact) mass is 310 g/mol. The van der Waals surface area contributed by atoms with Crippen molar-refractivity contribution in [2.45, 2.75) is 4.90 Å². The number of hydrogen-bond acceptors (Lipinski definition) is 4. The molecular weight excluding hydrogens is 296 g/mol. The van der Waals surface area contributed by atoms with Gasteiger partial charge in [-0.25, -0.2) is 0 Å². The van der Waals surface area contributed by atoms with Crippen LogP contribution >= 0.6 is 11.8 Å². The second-order valence-corrected chi connectivity index (χ2v) is 5.43. The first kappa shape index (κ1) is 14.3. The fourth-order valence-electron chi connectivity index (χ4n) is 1.97. The van der Waals surface area contributed by atoms with E-state index in [4.69, 9.17) is 0 Å². The molecule has 110 valence electrons. The maximum Gasteiger partial charge on any atom is 0.255 e. The molecule has 3 rings (SSSR count). The summed E-state index contributed by atoms with van der Waals surface area (Å²) in [5.74, 6) is -0.127. The predicted octanol–water partition coefficient (Wildman–Crippen LogP) is 3.24. The van der Waals surface area contributed by atoms with E-state index in [9.17, 15) is 4.79 Å². The number of nitrogens with zero attached hydrogens (tertiary/aromatic N) is 3. The zero-order chi connectivity index (χ0) is 15.4. The molecule has 1 heterocycles. The molecular formula is C16H14N4OS. The lowest BCUT2D eigenvalue weighted by atomic mass is 10.2. The SMILES string of the molecule is CSc1ccc(C(=O)Nc2ccc(-n3nccn3)cc2)cc1. The molecule has 5 nitrogen and oxygen atoms in total. The average Bonchev–Trinajstić information content (AvgIpc) is 3.10. The molecule has 1 amide bonds. The lowest BCUT2D eigenvalue weighted by molar-refractivity contribution is 0.102. The topological polar surface area (TPSA) is 59.8 Å². The Balaban J connectivity index is 1.71. The highest BCUT2D eigenvalue weighted by Gasteiger charge is 2.06. The van der Waals surface area contributed by atoms with Gasteiger partial charge in [0.25, 0.3) is 5.91 Å². The summed E-state index contributed by atoms with van der Waals surface area (Å²) in [6, 6.07) is 14.9. The van der Waals surface area contributed by atoms with Gasteiger partial charge in [0.15, 0.2) is 0 Å². The minimum Gasteiger partial charge on any atom is -0.322 e. The van der Waals surface area contributed by atoms with Crippen LogP contribution in [-0.4, -0.2) is 27.2 Å². The number of carbonyl (C=O) groups is 1. The van der Waals surface area contributed by atoms with E-state index in [1.165, 1.54) is 4.80 Å². The van der Waals surface area contributed by atoms with Gasteiger partial charge in [-0.1, -0.05) is 0 Å². The smallest absolute Gasteiger partial charge is 0.255 e. The fraction of sp³-hybridized carbons (Fsp3) is 0.0625. The van der Waals surface area contributed by atoms with E-state index in [0.29, 0.717) is 5.56 Å². The molecule has 0 aliphatic carbocycles. The number of thioether (sulfide) groups is 1. The van der Waals surface area contributed by atoms with Crippen molar-refractivity contribution in [2.24, 2.45) is 0 Å². The van der Waals surface area contributed by atoms with Gasteiger partial charge in [0, 0.05) is 16.1 Å². The van der Waals surface area contributed by atoms with Crippen LogP contribution in [0.15, 0.2) is 65.8 Å². The molecule has 0 aliphatic rings. The van der Waals surface area contributed by atoms with Crippen LogP contribution in [0.5, 0.6) is 0 Å². The maximum absolute atomic E-state index is 12.2. The van der Waals surface area contributed by atoms with Crippen LogP contribution < -0.4 is 5.32 Å². The van der Waals surface area contributed by atoms with Crippen LogP contribution in [0.4, 0.5) is 5.69 Å². The highest BCUT2D eigenvalue weighted by atomic mass is 32.2. The number of benzene rings is 2. The van der Waals surface area contributed by atoms with Gasteiger partial charge in [0.05, 0.1) is 18.1 Å². The first-order chi connectivity index (χ1) is 10.8. The van der Waals surface area contributed by atoms with Crippen molar-refractivity contribution < 1.29 is 4.79 Å². The van der Waals surface area contributed by atoms with Crippen LogP contribution in [0.1, 0.15) is 10.4 Å². The third kappa shape index (κ3) is 3.17. The Kier molecular flexibility index (Phi) is 4.20. The van der Waals surface area contributed by atoms with Gasteiger partial charge in [-0.2, -0.15) is 15.0 Å². The molecule has 2 aromatic carbocycles. The first-order valence-electron chi connectivity index (χ1n) is 6.68. The number of rotatable bonds is 4. The summed E-state index contributed by atoms with van der Waals surface area (Å²) < 4.78 is 0. The highest BCUT2D eigenvalue weighted by Crippen LogP contribution is 2.17. The third-order valence-electron chi connectivity index (χ3n) is 3.13. The molecule has 3 aromatic rings. The van der Waals surface area contributed by atoms with Crippen molar-refractivity contribution in [3.63, 3.8) is 0 Å². The summed E-state index contributed by atoms with van der Waals surface area (Å²) in [4.78, 5) is 14.8. The average molecular weight is 310 g/mol. The van der Waals surface area contributed by atoms with E-state index in [1.807, 2.05) is 54.8 Å². The second kappa shape index (κ2) is 6.44. The summed E-state index contributed by atoms with van der Waals surface area (Å²) in [6.45, 7) is 0.